The molecule has 2 aromatic heterocycles. The van der Waals surface area contributed by atoms with Crippen molar-refractivity contribution in [1.82, 2.24) is 0 Å². The Hall–Kier alpha value is -6.94. The lowest BCUT2D eigenvalue weighted by Crippen LogP contribution is -2.16. The molecule has 274 valence electrons. The van der Waals surface area contributed by atoms with Gasteiger partial charge in [0, 0.05) is 47.8 Å². The fourth-order valence-corrected chi connectivity index (χ4v) is 10.8. The summed E-state index contributed by atoms with van der Waals surface area (Å²) in [7, 11) is 0. The van der Waals surface area contributed by atoms with E-state index in [1.165, 1.54) is 64.3 Å². The van der Waals surface area contributed by atoms with E-state index in [9.17, 15) is 0 Å². The minimum Gasteiger partial charge on any atom is -0.455 e. The standard InChI is InChI=1S/C55H37NOS/c1-55(2)45-17-8-5-15-43(45)52-46(55)18-11-19-47(52)56(39-27-24-35(25-28-39)37-26-29-42-41-14-7-10-21-50(41)58-51(42)33-37)48-31-30-40(38-23-22-34-12-3-4-13-36(34)32-38)54-53(48)44-16-6-9-20-49(44)57-54/h3-33H,1-2H3. The Morgan fingerprint density at radius 3 is 2.07 bits per heavy atom. The Bertz CT molecular complexity index is 3440. The average molecular weight is 760 g/mol. The van der Waals surface area contributed by atoms with Gasteiger partial charge in [0.1, 0.15) is 11.2 Å². The minimum atomic E-state index is -0.139. The van der Waals surface area contributed by atoms with Crippen molar-refractivity contribution in [3.63, 3.8) is 0 Å². The predicted octanol–water partition coefficient (Wildman–Crippen LogP) is 16.2. The van der Waals surface area contributed by atoms with E-state index < -0.39 is 0 Å². The first-order chi connectivity index (χ1) is 28.5. The first-order valence-electron chi connectivity index (χ1n) is 20.0. The summed E-state index contributed by atoms with van der Waals surface area (Å²) in [5.74, 6) is 0. The van der Waals surface area contributed by atoms with Crippen molar-refractivity contribution in [3.8, 4) is 33.4 Å². The number of benzene rings is 9. The molecule has 58 heavy (non-hydrogen) atoms. The molecule has 0 spiro atoms. The second kappa shape index (κ2) is 12.5. The van der Waals surface area contributed by atoms with Crippen LogP contribution in [0.3, 0.4) is 0 Å². The van der Waals surface area contributed by atoms with E-state index in [-0.39, 0.29) is 5.41 Å². The molecule has 0 radical (unpaired) electrons. The highest BCUT2D eigenvalue weighted by Gasteiger charge is 2.38. The number of anilines is 3. The van der Waals surface area contributed by atoms with Crippen LogP contribution < -0.4 is 4.90 Å². The Labute approximate surface area is 340 Å². The maximum atomic E-state index is 6.90. The quantitative estimate of drug-likeness (QED) is 0.174. The summed E-state index contributed by atoms with van der Waals surface area (Å²) in [6.45, 7) is 4.71. The van der Waals surface area contributed by atoms with Gasteiger partial charge < -0.3 is 9.32 Å². The Kier molecular flexibility index (Phi) is 7.18. The lowest BCUT2D eigenvalue weighted by molar-refractivity contribution is 0.660. The molecule has 0 unspecified atom stereocenters. The van der Waals surface area contributed by atoms with Gasteiger partial charge in [-0.15, -0.1) is 11.3 Å². The number of fused-ring (bicyclic) bond motifs is 10. The number of hydrogen-bond donors (Lipinski definition) is 0. The zero-order valence-electron chi connectivity index (χ0n) is 32.2. The topological polar surface area (TPSA) is 16.4 Å². The summed E-state index contributed by atoms with van der Waals surface area (Å²) in [6, 6.07) is 68.9. The highest BCUT2D eigenvalue weighted by atomic mass is 32.1. The normalized spacial score (nSPS) is 13.1. The molecule has 11 aromatic rings. The van der Waals surface area contributed by atoms with Crippen LogP contribution in [0, 0.1) is 0 Å². The van der Waals surface area contributed by atoms with Gasteiger partial charge in [-0.25, -0.2) is 0 Å². The van der Waals surface area contributed by atoms with E-state index in [0.717, 1.165) is 50.1 Å². The summed E-state index contributed by atoms with van der Waals surface area (Å²) in [6.07, 6.45) is 0. The summed E-state index contributed by atoms with van der Waals surface area (Å²) in [4.78, 5) is 2.48. The van der Waals surface area contributed by atoms with Crippen molar-refractivity contribution in [2.24, 2.45) is 0 Å². The van der Waals surface area contributed by atoms with Crippen LogP contribution in [0.1, 0.15) is 25.0 Å². The summed E-state index contributed by atoms with van der Waals surface area (Å²) in [5.41, 5.74) is 14.8. The van der Waals surface area contributed by atoms with Crippen molar-refractivity contribution in [1.29, 1.82) is 0 Å². The molecule has 12 rings (SSSR count). The molecule has 0 atom stereocenters. The lowest BCUT2D eigenvalue weighted by atomic mass is 9.82. The molecule has 1 aliphatic carbocycles. The van der Waals surface area contributed by atoms with E-state index in [1.54, 1.807) is 0 Å². The number of rotatable bonds is 5. The molecular formula is C55H37NOS. The third kappa shape index (κ3) is 4.90. The molecule has 3 heteroatoms. The molecule has 0 aliphatic heterocycles. The number of nitrogens with zero attached hydrogens (tertiary/aromatic N) is 1. The number of furan rings is 1. The van der Waals surface area contributed by atoms with Crippen molar-refractivity contribution >= 4 is 81.3 Å². The monoisotopic (exact) mass is 759 g/mol. The molecule has 0 fully saturated rings. The fourth-order valence-electron chi connectivity index (χ4n) is 9.62. The summed E-state index contributed by atoms with van der Waals surface area (Å²) < 4.78 is 9.54. The number of thiophene rings is 1. The zero-order chi connectivity index (χ0) is 38.5. The Balaban J connectivity index is 1.09. The molecular weight excluding hydrogens is 723 g/mol. The van der Waals surface area contributed by atoms with Crippen LogP contribution in [0.25, 0.3) is 86.3 Å². The lowest BCUT2D eigenvalue weighted by Gasteiger charge is -2.30. The Morgan fingerprint density at radius 1 is 0.466 bits per heavy atom. The van der Waals surface area contributed by atoms with Crippen molar-refractivity contribution in [2.75, 3.05) is 4.90 Å². The molecule has 2 heterocycles. The number of para-hydroxylation sites is 1. The predicted molar refractivity (Wildman–Crippen MR) is 247 cm³/mol. The minimum absolute atomic E-state index is 0.139. The van der Waals surface area contributed by atoms with E-state index in [0.29, 0.717) is 0 Å². The summed E-state index contributed by atoms with van der Waals surface area (Å²) >= 11 is 1.86. The van der Waals surface area contributed by atoms with Crippen LogP contribution in [-0.4, -0.2) is 0 Å². The largest absolute Gasteiger partial charge is 0.455 e. The van der Waals surface area contributed by atoms with E-state index in [2.05, 4.69) is 207 Å². The first-order valence-corrected chi connectivity index (χ1v) is 20.8. The van der Waals surface area contributed by atoms with Gasteiger partial charge in [0.05, 0.1) is 16.8 Å². The molecule has 0 saturated heterocycles. The van der Waals surface area contributed by atoms with E-state index in [4.69, 9.17) is 4.42 Å². The van der Waals surface area contributed by atoms with Crippen LogP contribution in [0.15, 0.2) is 192 Å². The van der Waals surface area contributed by atoms with E-state index in [1.807, 2.05) is 11.3 Å². The third-order valence-electron chi connectivity index (χ3n) is 12.5. The average Bonchev–Trinajstić information content (AvgIpc) is 3.92. The van der Waals surface area contributed by atoms with Gasteiger partial charge in [0.25, 0.3) is 0 Å². The van der Waals surface area contributed by atoms with Gasteiger partial charge in [-0.1, -0.05) is 147 Å². The Morgan fingerprint density at radius 2 is 1.17 bits per heavy atom. The zero-order valence-corrected chi connectivity index (χ0v) is 33.0. The van der Waals surface area contributed by atoms with Crippen LogP contribution in [-0.2, 0) is 5.41 Å². The highest BCUT2D eigenvalue weighted by molar-refractivity contribution is 7.25. The van der Waals surface area contributed by atoms with Crippen molar-refractivity contribution < 1.29 is 4.42 Å². The second-order valence-corrected chi connectivity index (χ2v) is 17.1. The second-order valence-electron chi connectivity index (χ2n) is 16.1. The molecule has 0 N–H and O–H groups in total. The molecule has 0 saturated carbocycles. The van der Waals surface area contributed by atoms with Gasteiger partial charge >= 0.3 is 0 Å². The van der Waals surface area contributed by atoms with Crippen LogP contribution in [0.2, 0.25) is 0 Å². The van der Waals surface area contributed by atoms with Crippen LogP contribution in [0.5, 0.6) is 0 Å². The van der Waals surface area contributed by atoms with E-state index >= 15 is 0 Å². The summed E-state index contributed by atoms with van der Waals surface area (Å²) in [5, 5.41) is 7.28. The van der Waals surface area contributed by atoms with Crippen molar-refractivity contribution in [2.45, 2.75) is 19.3 Å². The van der Waals surface area contributed by atoms with Crippen LogP contribution in [0.4, 0.5) is 17.1 Å². The molecule has 1 aliphatic rings. The maximum absolute atomic E-state index is 6.90. The first kappa shape index (κ1) is 33.2. The SMILES string of the molecule is CC1(C)c2ccccc2-c2c(N(c3ccc(-c4ccc5c(c4)sc4ccccc45)cc3)c3ccc(-c4ccc5ccccc5c4)c4oc5ccccc5c34)cccc21. The molecule has 2 nitrogen and oxygen atoms in total. The fraction of sp³-hybridized carbons (Fsp3) is 0.0545. The van der Waals surface area contributed by atoms with Crippen LogP contribution >= 0.6 is 11.3 Å². The molecule has 0 bridgehead atoms. The van der Waals surface area contributed by atoms with Gasteiger partial charge in [0.2, 0.25) is 0 Å². The van der Waals surface area contributed by atoms with Gasteiger partial charge in [-0.2, -0.15) is 0 Å². The number of hydrogen-bond acceptors (Lipinski definition) is 3. The smallest absolute Gasteiger partial charge is 0.145 e. The maximum Gasteiger partial charge on any atom is 0.145 e. The molecule has 0 amide bonds. The third-order valence-corrected chi connectivity index (χ3v) is 13.6. The van der Waals surface area contributed by atoms with Gasteiger partial charge in [-0.05, 0) is 98.8 Å². The highest BCUT2D eigenvalue weighted by Crippen LogP contribution is 2.55. The molecule has 9 aromatic carbocycles. The van der Waals surface area contributed by atoms with Gasteiger partial charge in [0.15, 0.2) is 0 Å². The van der Waals surface area contributed by atoms with Gasteiger partial charge in [-0.3, -0.25) is 0 Å². The van der Waals surface area contributed by atoms with Crippen molar-refractivity contribution in [3.05, 3.63) is 199 Å².